The van der Waals surface area contributed by atoms with E-state index >= 15 is 0 Å². The normalized spacial score (nSPS) is 16.4. The fourth-order valence-electron chi connectivity index (χ4n) is 4.00. The smallest absolute Gasteiger partial charge is 0.317 e. The van der Waals surface area contributed by atoms with E-state index in [0.717, 1.165) is 43.5 Å². The van der Waals surface area contributed by atoms with Crippen molar-refractivity contribution < 1.29 is 9.32 Å². The van der Waals surface area contributed by atoms with Gasteiger partial charge in [-0.1, -0.05) is 59.8 Å². The van der Waals surface area contributed by atoms with Crippen LogP contribution in [-0.4, -0.2) is 40.7 Å². The van der Waals surface area contributed by atoms with E-state index in [1.54, 1.807) is 0 Å². The van der Waals surface area contributed by atoms with Crippen molar-refractivity contribution in [2.45, 2.75) is 32.6 Å². The Kier molecular flexibility index (Phi) is 6.42. The van der Waals surface area contributed by atoms with Crippen LogP contribution in [0.3, 0.4) is 0 Å². The van der Waals surface area contributed by atoms with E-state index in [1.165, 1.54) is 5.56 Å². The summed E-state index contributed by atoms with van der Waals surface area (Å²) in [4.78, 5) is 19.1. The van der Waals surface area contributed by atoms with Gasteiger partial charge >= 0.3 is 6.03 Å². The molecule has 2 amide bonds. The Hall–Kier alpha value is -3.15. The highest BCUT2D eigenvalue weighted by Gasteiger charge is 2.25. The van der Waals surface area contributed by atoms with Gasteiger partial charge in [0.15, 0.2) is 0 Å². The van der Waals surface area contributed by atoms with E-state index in [0.29, 0.717) is 30.6 Å². The number of urea groups is 1. The Bertz CT molecular complexity index is 970. The Labute approximate surface area is 177 Å². The molecule has 1 unspecified atom stereocenters. The van der Waals surface area contributed by atoms with Crippen LogP contribution in [0.4, 0.5) is 4.79 Å². The monoisotopic (exact) mass is 404 g/mol. The van der Waals surface area contributed by atoms with Crippen LogP contribution in [0.15, 0.2) is 59.1 Å². The second-order valence-electron chi connectivity index (χ2n) is 7.95. The van der Waals surface area contributed by atoms with Crippen LogP contribution in [0, 0.1) is 12.8 Å². The number of aromatic nitrogens is 2. The third-order valence-corrected chi connectivity index (χ3v) is 5.66. The van der Waals surface area contributed by atoms with Crippen LogP contribution in [0.25, 0.3) is 11.4 Å². The number of nitrogens with zero attached hydrogens (tertiary/aromatic N) is 3. The molecule has 0 bridgehead atoms. The quantitative estimate of drug-likeness (QED) is 0.667. The minimum absolute atomic E-state index is 0.0155. The number of aryl methyl sites for hydroxylation is 1. The van der Waals surface area contributed by atoms with Crippen molar-refractivity contribution in [1.82, 2.24) is 20.4 Å². The first-order valence-corrected chi connectivity index (χ1v) is 10.6. The molecule has 1 aliphatic rings. The highest BCUT2D eigenvalue weighted by molar-refractivity contribution is 5.74. The van der Waals surface area contributed by atoms with Gasteiger partial charge in [-0.25, -0.2) is 4.79 Å². The van der Waals surface area contributed by atoms with E-state index in [-0.39, 0.29) is 6.03 Å². The Morgan fingerprint density at radius 3 is 2.80 bits per heavy atom. The number of piperidine rings is 1. The van der Waals surface area contributed by atoms with Crippen LogP contribution in [0.2, 0.25) is 0 Å². The number of carbonyl (C=O) groups excluding carboxylic acids is 1. The zero-order valence-electron chi connectivity index (χ0n) is 17.4. The summed E-state index contributed by atoms with van der Waals surface area (Å²) in [5.41, 5.74) is 3.35. The molecule has 1 fully saturated rings. The number of carbonyl (C=O) groups is 1. The molecule has 3 aromatic rings. The first-order valence-electron chi connectivity index (χ1n) is 10.6. The number of benzene rings is 2. The van der Waals surface area contributed by atoms with Crippen molar-refractivity contribution in [2.24, 2.45) is 5.92 Å². The zero-order valence-corrected chi connectivity index (χ0v) is 17.4. The maximum absolute atomic E-state index is 12.6. The minimum atomic E-state index is 0.0155. The molecule has 0 spiro atoms. The molecule has 1 aromatic heterocycles. The lowest BCUT2D eigenvalue weighted by molar-refractivity contribution is 0.162. The Morgan fingerprint density at radius 2 is 1.97 bits per heavy atom. The summed E-state index contributed by atoms with van der Waals surface area (Å²) in [5.74, 6) is 1.61. The predicted octanol–water partition coefficient (Wildman–Crippen LogP) is 4.25. The molecule has 1 saturated heterocycles. The SMILES string of the molecule is Cc1ccccc1-c1noc(CC2CCCN(C(=O)NCCc3ccccc3)C2)n1. The number of amides is 2. The molecule has 0 aliphatic carbocycles. The highest BCUT2D eigenvalue weighted by atomic mass is 16.5. The topological polar surface area (TPSA) is 71.3 Å². The average Bonchev–Trinajstić information content (AvgIpc) is 3.23. The average molecular weight is 405 g/mol. The lowest BCUT2D eigenvalue weighted by Crippen LogP contribution is -2.46. The van der Waals surface area contributed by atoms with Crippen LogP contribution in [-0.2, 0) is 12.8 Å². The van der Waals surface area contributed by atoms with E-state index in [2.05, 4.69) is 27.6 Å². The summed E-state index contributed by atoms with van der Waals surface area (Å²) in [5, 5.41) is 7.21. The molecule has 1 N–H and O–H groups in total. The lowest BCUT2D eigenvalue weighted by Gasteiger charge is -2.32. The largest absolute Gasteiger partial charge is 0.339 e. The maximum Gasteiger partial charge on any atom is 0.317 e. The van der Waals surface area contributed by atoms with E-state index in [4.69, 9.17) is 4.52 Å². The van der Waals surface area contributed by atoms with Gasteiger partial charge in [0.2, 0.25) is 11.7 Å². The Balaban J connectivity index is 1.29. The van der Waals surface area contributed by atoms with E-state index in [1.807, 2.05) is 54.3 Å². The first kappa shape index (κ1) is 20.1. The number of likely N-dealkylation sites (tertiary alicyclic amines) is 1. The van der Waals surface area contributed by atoms with E-state index in [9.17, 15) is 4.79 Å². The lowest BCUT2D eigenvalue weighted by atomic mass is 9.95. The fourth-order valence-corrected chi connectivity index (χ4v) is 4.00. The fraction of sp³-hybridized carbons (Fsp3) is 0.375. The van der Waals surface area contributed by atoms with Crippen molar-refractivity contribution in [3.8, 4) is 11.4 Å². The zero-order chi connectivity index (χ0) is 20.8. The van der Waals surface area contributed by atoms with Crippen LogP contribution in [0.1, 0.15) is 29.9 Å². The molecule has 156 valence electrons. The summed E-state index contributed by atoms with van der Waals surface area (Å²) < 4.78 is 5.51. The molecular formula is C24H28N4O2. The molecule has 2 aromatic carbocycles. The highest BCUT2D eigenvalue weighted by Crippen LogP contribution is 2.23. The Morgan fingerprint density at radius 1 is 1.17 bits per heavy atom. The van der Waals surface area contributed by atoms with Crippen molar-refractivity contribution >= 4 is 6.03 Å². The molecule has 1 atom stereocenters. The molecule has 2 heterocycles. The summed E-state index contributed by atoms with van der Waals surface area (Å²) in [7, 11) is 0. The molecule has 30 heavy (non-hydrogen) atoms. The van der Waals surface area contributed by atoms with Crippen molar-refractivity contribution in [1.29, 1.82) is 0 Å². The van der Waals surface area contributed by atoms with Crippen LogP contribution >= 0.6 is 0 Å². The van der Waals surface area contributed by atoms with Gasteiger partial charge < -0.3 is 14.7 Å². The third-order valence-electron chi connectivity index (χ3n) is 5.66. The van der Waals surface area contributed by atoms with Gasteiger partial charge in [-0.2, -0.15) is 4.98 Å². The second-order valence-corrected chi connectivity index (χ2v) is 7.95. The van der Waals surface area contributed by atoms with Crippen LogP contribution in [0.5, 0.6) is 0 Å². The minimum Gasteiger partial charge on any atom is -0.339 e. The van der Waals surface area contributed by atoms with Gasteiger partial charge in [-0.3, -0.25) is 0 Å². The van der Waals surface area contributed by atoms with Crippen molar-refractivity contribution in [3.63, 3.8) is 0 Å². The predicted molar refractivity (Wildman–Crippen MR) is 116 cm³/mol. The van der Waals surface area contributed by atoms with Gasteiger partial charge in [0.1, 0.15) is 0 Å². The standard InChI is InChI=1S/C24H28N4O2/c1-18-8-5-6-12-21(18)23-26-22(30-27-23)16-20-11-7-15-28(17-20)24(29)25-14-13-19-9-3-2-4-10-19/h2-6,8-10,12,20H,7,11,13-17H2,1H3,(H,25,29). The van der Waals surface area contributed by atoms with Gasteiger partial charge in [0.05, 0.1) is 0 Å². The summed E-state index contributed by atoms with van der Waals surface area (Å²) in [6.45, 7) is 4.21. The van der Waals surface area contributed by atoms with Crippen molar-refractivity contribution in [2.75, 3.05) is 19.6 Å². The molecule has 4 rings (SSSR count). The molecule has 6 heteroatoms. The second kappa shape index (κ2) is 9.57. The molecule has 0 saturated carbocycles. The van der Waals surface area contributed by atoms with Gasteiger partial charge in [-0.15, -0.1) is 0 Å². The number of hydrogen-bond acceptors (Lipinski definition) is 4. The molecule has 6 nitrogen and oxygen atoms in total. The summed E-state index contributed by atoms with van der Waals surface area (Å²) in [6, 6.07) is 18.3. The molecule has 0 radical (unpaired) electrons. The number of hydrogen-bond donors (Lipinski definition) is 1. The molecular weight excluding hydrogens is 376 g/mol. The number of nitrogens with one attached hydrogen (secondary N) is 1. The maximum atomic E-state index is 12.6. The number of rotatable bonds is 6. The van der Waals surface area contributed by atoms with E-state index < -0.39 is 0 Å². The summed E-state index contributed by atoms with van der Waals surface area (Å²) >= 11 is 0. The summed E-state index contributed by atoms with van der Waals surface area (Å²) in [6.07, 6.45) is 3.60. The first-order chi connectivity index (χ1) is 14.7. The van der Waals surface area contributed by atoms with Gasteiger partial charge in [-0.05, 0) is 43.2 Å². The van der Waals surface area contributed by atoms with Gasteiger partial charge in [0, 0.05) is 31.6 Å². The van der Waals surface area contributed by atoms with Gasteiger partial charge in [0.25, 0.3) is 0 Å². The molecule has 1 aliphatic heterocycles. The third kappa shape index (κ3) is 5.06. The van der Waals surface area contributed by atoms with Crippen LogP contribution < -0.4 is 5.32 Å². The van der Waals surface area contributed by atoms with Crippen molar-refractivity contribution in [3.05, 3.63) is 71.6 Å².